The van der Waals surface area contributed by atoms with Crippen molar-refractivity contribution in [2.24, 2.45) is 0 Å². The zero-order valence-electron chi connectivity index (χ0n) is 11.6. The first-order valence-corrected chi connectivity index (χ1v) is 7.14. The van der Waals surface area contributed by atoms with Gasteiger partial charge >= 0.3 is 0 Å². The average molecular weight is 303 g/mol. The van der Waals surface area contributed by atoms with E-state index in [0.29, 0.717) is 29.6 Å². The Morgan fingerprint density at radius 2 is 1.95 bits per heavy atom. The maximum absolute atomic E-state index is 12.2. The topological polar surface area (TPSA) is 42.4 Å². The van der Waals surface area contributed by atoms with E-state index < -0.39 is 0 Å². The molecule has 1 saturated heterocycles. The zero-order valence-corrected chi connectivity index (χ0v) is 12.4. The molecule has 1 aromatic heterocycles. The van der Waals surface area contributed by atoms with Crippen molar-refractivity contribution in [3.05, 3.63) is 58.7 Å². The molecular weight excluding hydrogens is 288 g/mol. The summed E-state index contributed by atoms with van der Waals surface area (Å²) >= 11 is 5.77. The molecule has 2 heterocycles. The number of likely N-dealkylation sites (tertiary alicyclic amines) is 1. The van der Waals surface area contributed by atoms with E-state index in [1.165, 1.54) is 0 Å². The van der Waals surface area contributed by atoms with Crippen molar-refractivity contribution in [2.75, 3.05) is 13.1 Å². The number of carbonyl (C=O) groups excluding carboxylic acids is 1. The van der Waals surface area contributed by atoms with Crippen LogP contribution in [-0.2, 0) is 0 Å². The molecule has 2 aromatic rings. The number of carbonyl (C=O) groups is 1. The summed E-state index contributed by atoms with van der Waals surface area (Å²) in [6.07, 6.45) is 1.54. The highest BCUT2D eigenvalue weighted by Gasteiger charge is 2.32. The molecule has 1 aromatic carbocycles. The Bertz CT molecular complexity index is 634. The molecule has 1 aliphatic heterocycles. The van der Waals surface area contributed by atoms with Crippen molar-refractivity contribution in [3.63, 3.8) is 0 Å². The number of aromatic nitrogens is 1. The second-order valence-electron chi connectivity index (χ2n) is 5.13. The fourth-order valence-corrected chi connectivity index (χ4v) is 2.27. The van der Waals surface area contributed by atoms with Gasteiger partial charge in [0.1, 0.15) is 6.10 Å². The first-order chi connectivity index (χ1) is 10.1. The van der Waals surface area contributed by atoms with E-state index in [-0.39, 0.29) is 12.0 Å². The Labute approximate surface area is 128 Å². The van der Waals surface area contributed by atoms with Crippen LogP contribution in [0.2, 0.25) is 5.02 Å². The minimum Gasteiger partial charge on any atom is -0.471 e. The van der Waals surface area contributed by atoms with Crippen LogP contribution in [0.25, 0.3) is 0 Å². The second kappa shape index (κ2) is 5.74. The highest BCUT2D eigenvalue weighted by atomic mass is 35.5. The molecule has 0 spiro atoms. The van der Waals surface area contributed by atoms with Gasteiger partial charge in [0, 0.05) is 17.8 Å². The first kappa shape index (κ1) is 13.9. The second-order valence-corrected chi connectivity index (χ2v) is 5.57. The third kappa shape index (κ3) is 3.16. The largest absolute Gasteiger partial charge is 0.471 e. The standard InChI is InChI=1S/C16H15ClN2O2/c1-11-2-4-12(5-3-11)16(20)19-9-14(10-19)21-15-7-6-13(17)8-18-15/h2-8,14H,9-10H2,1H3. The third-order valence-corrected chi connectivity index (χ3v) is 3.65. The van der Waals surface area contributed by atoms with Gasteiger partial charge in [0.05, 0.1) is 18.1 Å². The summed E-state index contributed by atoms with van der Waals surface area (Å²) in [4.78, 5) is 18.1. The first-order valence-electron chi connectivity index (χ1n) is 6.76. The third-order valence-electron chi connectivity index (χ3n) is 3.42. The number of ether oxygens (including phenoxy) is 1. The van der Waals surface area contributed by atoms with Gasteiger partial charge < -0.3 is 9.64 Å². The van der Waals surface area contributed by atoms with Gasteiger partial charge in [0.2, 0.25) is 5.88 Å². The highest BCUT2D eigenvalue weighted by molar-refractivity contribution is 6.30. The number of amides is 1. The van der Waals surface area contributed by atoms with Gasteiger partial charge in [0.15, 0.2) is 0 Å². The molecule has 0 radical (unpaired) electrons. The van der Waals surface area contributed by atoms with E-state index in [2.05, 4.69) is 4.98 Å². The van der Waals surface area contributed by atoms with Crippen molar-refractivity contribution in [3.8, 4) is 5.88 Å². The normalized spacial score (nSPS) is 14.7. The van der Waals surface area contributed by atoms with Crippen molar-refractivity contribution >= 4 is 17.5 Å². The molecule has 21 heavy (non-hydrogen) atoms. The molecule has 0 bridgehead atoms. The number of aryl methyl sites for hydroxylation is 1. The van der Waals surface area contributed by atoms with Crippen molar-refractivity contribution in [2.45, 2.75) is 13.0 Å². The zero-order chi connectivity index (χ0) is 14.8. The Morgan fingerprint density at radius 1 is 1.24 bits per heavy atom. The molecule has 1 amide bonds. The molecule has 3 rings (SSSR count). The van der Waals surface area contributed by atoms with Crippen LogP contribution in [0, 0.1) is 6.92 Å². The van der Waals surface area contributed by atoms with Gasteiger partial charge in [0.25, 0.3) is 5.91 Å². The summed E-state index contributed by atoms with van der Waals surface area (Å²) in [5.74, 6) is 0.575. The van der Waals surface area contributed by atoms with E-state index in [4.69, 9.17) is 16.3 Å². The maximum atomic E-state index is 12.2. The van der Waals surface area contributed by atoms with Gasteiger partial charge in [-0.1, -0.05) is 29.3 Å². The minimum atomic E-state index is -0.00641. The van der Waals surface area contributed by atoms with Crippen LogP contribution in [0.4, 0.5) is 0 Å². The van der Waals surface area contributed by atoms with Crippen LogP contribution >= 0.6 is 11.6 Å². The predicted octanol–water partition coefficient (Wildman–Crippen LogP) is 2.95. The number of nitrogens with zero attached hydrogens (tertiary/aromatic N) is 2. The molecule has 0 N–H and O–H groups in total. The fourth-order valence-electron chi connectivity index (χ4n) is 2.16. The molecular formula is C16H15ClN2O2. The fraction of sp³-hybridized carbons (Fsp3) is 0.250. The quantitative estimate of drug-likeness (QED) is 0.875. The monoisotopic (exact) mass is 302 g/mol. The van der Waals surface area contributed by atoms with Crippen molar-refractivity contribution < 1.29 is 9.53 Å². The van der Waals surface area contributed by atoms with Crippen molar-refractivity contribution in [1.82, 2.24) is 9.88 Å². The summed E-state index contributed by atoms with van der Waals surface area (Å²) in [6, 6.07) is 11.1. The molecule has 108 valence electrons. The summed E-state index contributed by atoms with van der Waals surface area (Å²) in [6.45, 7) is 3.16. The number of pyridine rings is 1. The van der Waals surface area contributed by atoms with Gasteiger partial charge in [-0.2, -0.15) is 0 Å². The lowest BCUT2D eigenvalue weighted by Gasteiger charge is -2.38. The molecule has 0 unspecified atom stereocenters. The van der Waals surface area contributed by atoms with Crippen LogP contribution in [0.15, 0.2) is 42.6 Å². The molecule has 0 atom stereocenters. The summed E-state index contributed by atoms with van der Waals surface area (Å²) in [5.41, 5.74) is 1.86. The molecule has 0 aliphatic carbocycles. The Kier molecular flexibility index (Phi) is 3.80. The molecule has 1 aliphatic rings. The van der Waals surface area contributed by atoms with Gasteiger partial charge in [-0.25, -0.2) is 4.98 Å². The number of hydrogen-bond donors (Lipinski definition) is 0. The van der Waals surface area contributed by atoms with E-state index >= 15 is 0 Å². The minimum absolute atomic E-state index is 0.00641. The number of halogens is 1. The SMILES string of the molecule is Cc1ccc(C(=O)N2CC(Oc3ccc(Cl)cn3)C2)cc1. The number of rotatable bonds is 3. The lowest BCUT2D eigenvalue weighted by atomic mass is 10.1. The summed E-state index contributed by atoms with van der Waals surface area (Å²) in [7, 11) is 0. The van der Waals surface area contributed by atoms with Crippen LogP contribution in [-0.4, -0.2) is 35.0 Å². The maximum Gasteiger partial charge on any atom is 0.254 e. The Balaban J connectivity index is 1.54. The molecule has 5 heteroatoms. The molecule has 0 saturated carbocycles. The Morgan fingerprint density at radius 3 is 2.57 bits per heavy atom. The van der Waals surface area contributed by atoms with E-state index in [1.807, 2.05) is 31.2 Å². The van der Waals surface area contributed by atoms with Gasteiger partial charge in [-0.05, 0) is 25.1 Å². The van der Waals surface area contributed by atoms with Crippen molar-refractivity contribution in [1.29, 1.82) is 0 Å². The smallest absolute Gasteiger partial charge is 0.254 e. The van der Waals surface area contributed by atoms with Gasteiger partial charge in [-0.3, -0.25) is 4.79 Å². The lowest BCUT2D eigenvalue weighted by molar-refractivity contribution is 0.0160. The summed E-state index contributed by atoms with van der Waals surface area (Å²) < 4.78 is 5.68. The number of benzene rings is 1. The lowest BCUT2D eigenvalue weighted by Crippen LogP contribution is -2.56. The van der Waals surface area contributed by atoms with E-state index in [1.54, 1.807) is 23.2 Å². The average Bonchev–Trinajstić information content (AvgIpc) is 2.44. The molecule has 1 fully saturated rings. The summed E-state index contributed by atoms with van der Waals surface area (Å²) in [5, 5.41) is 0.576. The van der Waals surface area contributed by atoms with Crippen LogP contribution < -0.4 is 4.74 Å². The Hall–Kier alpha value is -2.07. The molecule has 4 nitrogen and oxygen atoms in total. The highest BCUT2D eigenvalue weighted by Crippen LogP contribution is 2.19. The van der Waals surface area contributed by atoms with Crippen LogP contribution in [0.3, 0.4) is 0 Å². The van der Waals surface area contributed by atoms with Crippen LogP contribution in [0.5, 0.6) is 5.88 Å². The van der Waals surface area contributed by atoms with E-state index in [0.717, 1.165) is 5.56 Å². The van der Waals surface area contributed by atoms with E-state index in [9.17, 15) is 4.79 Å². The van der Waals surface area contributed by atoms with Gasteiger partial charge in [-0.15, -0.1) is 0 Å². The number of hydrogen-bond acceptors (Lipinski definition) is 3. The predicted molar refractivity (Wildman–Crippen MR) is 80.7 cm³/mol. The van der Waals surface area contributed by atoms with Crippen LogP contribution in [0.1, 0.15) is 15.9 Å².